The van der Waals surface area contributed by atoms with Gasteiger partial charge in [-0.25, -0.2) is 9.97 Å². The number of ether oxygens (including phenoxy) is 1. The molecule has 2 aromatic heterocycles. The van der Waals surface area contributed by atoms with Gasteiger partial charge in [0.2, 0.25) is 5.88 Å². The molecule has 0 spiro atoms. The van der Waals surface area contributed by atoms with Crippen molar-refractivity contribution >= 4 is 21.6 Å². The van der Waals surface area contributed by atoms with Gasteiger partial charge in [0.05, 0.1) is 5.39 Å². The van der Waals surface area contributed by atoms with E-state index in [0.29, 0.717) is 0 Å². The molecule has 0 N–H and O–H groups in total. The standard InChI is InChI=1S/C15H20N2OS/c1-3-6-10(4-2)18-14-13-11-7-5-8-12(11)19-15(13)17-9-16-14/h9-10H,3-8H2,1-2H3/t10-/m1/s1. The van der Waals surface area contributed by atoms with E-state index in [0.717, 1.165) is 36.4 Å². The van der Waals surface area contributed by atoms with Crippen LogP contribution in [0.15, 0.2) is 6.33 Å². The van der Waals surface area contributed by atoms with Crippen LogP contribution in [0.5, 0.6) is 5.88 Å². The van der Waals surface area contributed by atoms with E-state index in [1.54, 1.807) is 6.33 Å². The highest BCUT2D eigenvalue weighted by molar-refractivity contribution is 7.18. The molecule has 3 rings (SSSR count). The topological polar surface area (TPSA) is 35.0 Å². The van der Waals surface area contributed by atoms with E-state index in [4.69, 9.17) is 4.74 Å². The lowest BCUT2D eigenvalue weighted by atomic mass is 10.1. The molecule has 0 fully saturated rings. The summed E-state index contributed by atoms with van der Waals surface area (Å²) >= 11 is 1.82. The summed E-state index contributed by atoms with van der Waals surface area (Å²) in [6, 6.07) is 0. The van der Waals surface area contributed by atoms with Crippen molar-refractivity contribution in [3.05, 3.63) is 16.8 Å². The van der Waals surface area contributed by atoms with Crippen molar-refractivity contribution in [3.63, 3.8) is 0 Å². The molecule has 2 aromatic rings. The van der Waals surface area contributed by atoms with Crippen molar-refractivity contribution in [1.82, 2.24) is 9.97 Å². The van der Waals surface area contributed by atoms with Crippen molar-refractivity contribution in [1.29, 1.82) is 0 Å². The molecule has 4 heteroatoms. The van der Waals surface area contributed by atoms with Crippen LogP contribution in [-0.4, -0.2) is 16.1 Å². The first-order valence-corrected chi connectivity index (χ1v) is 8.07. The van der Waals surface area contributed by atoms with E-state index in [1.807, 2.05) is 11.3 Å². The summed E-state index contributed by atoms with van der Waals surface area (Å²) in [5, 5.41) is 1.19. The molecule has 1 aliphatic rings. The zero-order chi connectivity index (χ0) is 13.2. The number of hydrogen-bond donors (Lipinski definition) is 0. The SMILES string of the molecule is CCC[C@@H](CC)Oc1ncnc2sc3c(c12)CCC3. The Morgan fingerprint density at radius 1 is 1.32 bits per heavy atom. The molecule has 3 nitrogen and oxygen atoms in total. The van der Waals surface area contributed by atoms with E-state index in [1.165, 1.54) is 28.7 Å². The predicted molar refractivity (Wildman–Crippen MR) is 79.1 cm³/mol. The molecular formula is C15H20N2OS. The van der Waals surface area contributed by atoms with E-state index < -0.39 is 0 Å². The highest BCUT2D eigenvalue weighted by Gasteiger charge is 2.22. The molecule has 0 bridgehead atoms. The summed E-state index contributed by atoms with van der Waals surface area (Å²) in [4.78, 5) is 11.4. The maximum Gasteiger partial charge on any atom is 0.225 e. The Kier molecular flexibility index (Phi) is 3.69. The molecular weight excluding hydrogens is 256 g/mol. The molecule has 19 heavy (non-hydrogen) atoms. The van der Waals surface area contributed by atoms with Gasteiger partial charge in [-0.2, -0.15) is 0 Å². The van der Waals surface area contributed by atoms with Gasteiger partial charge in [0.25, 0.3) is 0 Å². The third kappa shape index (κ3) is 2.34. The van der Waals surface area contributed by atoms with E-state index in [-0.39, 0.29) is 6.10 Å². The second-order valence-electron chi connectivity index (χ2n) is 5.15. The Labute approximate surface area is 118 Å². The highest BCUT2D eigenvalue weighted by atomic mass is 32.1. The Hall–Kier alpha value is -1.16. The fourth-order valence-electron chi connectivity index (χ4n) is 2.82. The fourth-order valence-corrected chi connectivity index (χ4v) is 4.03. The highest BCUT2D eigenvalue weighted by Crippen LogP contribution is 2.40. The summed E-state index contributed by atoms with van der Waals surface area (Å²) in [5.41, 5.74) is 1.45. The van der Waals surface area contributed by atoms with E-state index >= 15 is 0 Å². The first kappa shape index (κ1) is 12.9. The molecule has 2 heterocycles. The summed E-state index contributed by atoms with van der Waals surface area (Å²) in [5.74, 6) is 0.810. The van der Waals surface area contributed by atoms with E-state index in [2.05, 4.69) is 23.8 Å². The summed E-state index contributed by atoms with van der Waals surface area (Å²) in [7, 11) is 0. The number of aryl methyl sites for hydroxylation is 2. The van der Waals surface area contributed by atoms with Gasteiger partial charge in [0.1, 0.15) is 17.3 Å². The molecule has 102 valence electrons. The maximum atomic E-state index is 6.16. The van der Waals surface area contributed by atoms with Crippen molar-refractivity contribution < 1.29 is 4.74 Å². The van der Waals surface area contributed by atoms with Crippen LogP contribution < -0.4 is 4.74 Å². The van der Waals surface area contributed by atoms with Gasteiger partial charge in [-0.05, 0) is 37.7 Å². The zero-order valence-corrected chi connectivity index (χ0v) is 12.4. The van der Waals surface area contributed by atoms with Gasteiger partial charge < -0.3 is 4.74 Å². The maximum absolute atomic E-state index is 6.16. The van der Waals surface area contributed by atoms with Crippen LogP contribution in [-0.2, 0) is 12.8 Å². The average molecular weight is 276 g/mol. The second kappa shape index (κ2) is 5.45. The average Bonchev–Trinajstić information content (AvgIpc) is 2.98. The van der Waals surface area contributed by atoms with Crippen LogP contribution >= 0.6 is 11.3 Å². The van der Waals surface area contributed by atoms with Crippen molar-refractivity contribution in [2.24, 2.45) is 0 Å². The minimum absolute atomic E-state index is 0.278. The molecule has 1 aliphatic carbocycles. The molecule has 0 unspecified atom stereocenters. The minimum atomic E-state index is 0.278. The van der Waals surface area contributed by atoms with E-state index in [9.17, 15) is 0 Å². The van der Waals surface area contributed by atoms with Crippen molar-refractivity contribution in [3.8, 4) is 5.88 Å². The Morgan fingerprint density at radius 2 is 2.21 bits per heavy atom. The lowest BCUT2D eigenvalue weighted by Gasteiger charge is -2.16. The van der Waals surface area contributed by atoms with Crippen LogP contribution in [0.3, 0.4) is 0 Å². The lowest BCUT2D eigenvalue weighted by Crippen LogP contribution is -2.15. The largest absolute Gasteiger partial charge is 0.474 e. The molecule has 0 aromatic carbocycles. The molecule has 0 radical (unpaired) electrons. The molecule has 0 saturated carbocycles. The number of nitrogens with zero attached hydrogens (tertiary/aromatic N) is 2. The molecule has 0 saturated heterocycles. The van der Waals surface area contributed by atoms with Gasteiger partial charge in [-0.3, -0.25) is 0 Å². The number of fused-ring (bicyclic) bond motifs is 3. The van der Waals surface area contributed by atoms with Crippen LogP contribution in [0.25, 0.3) is 10.2 Å². The van der Waals surface area contributed by atoms with Gasteiger partial charge in [-0.1, -0.05) is 20.3 Å². The number of hydrogen-bond acceptors (Lipinski definition) is 4. The van der Waals surface area contributed by atoms with Gasteiger partial charge in [-0.15, -0.1) is 11.3 Å². The molecule has 1 atom stereocenters. The smallest absolute Gasteiger partial charge is 0.225 e. The van der Waals surface area contributed by atoms with Crippen LogP contribution in [0.1, 0.15) is 50.0 Å². The number of thiophene rings is 1. The van der Waals surface area contributed by atoms with Crippen molar-refractivity contribution in [2.75, 3.05) is 0 Å². The lowest BCUT2D eigenvalue weighted by molar-refractivity contribution is 0.180. The third-order valence-corrected chi connectivity index (χ3v) is 5.01. The third-order valence-electron chi connectivity index (χ3n) is 3.81. The Bertz CT molecular complexity index is 579. The van der Waals surface area contributed by atoms with Crippen LogP contribution in [0, 0.1) is 0 Å². The summed E-state index contributed by atoms with van der Waals surface area (Å²) < 4.78 is 6.16. The molecule has 0 aliphatic heterocycles. The summed E-state index contributed by atoms with van der Waals surface area (Å²) in [6.45, 7) is 4.38. The Morgan fingerprint density at radius 3 is 3.00 bits per heavy atom. The van der Waals surface area contributed by atoms with Crippen LogP contribution in [0.4, 0.5) is 0 Å². The van der Waals surface area contributed by atoms with Crippen molar-refractivity contribution in [2.45, 2.75) is 58.5 Å². The Balaban J connectivity index is 1.98. The zero-order valence-electron chi connectivity index (χ0n) is 11.6. The quantitative estimate of drug-likeness (QED) is 0.823. The van der Waals surface area contributed by atoms with Gasteiger partial charge in [0.15, 0.2) is 0 Å². The van der Waals surface area contributed by atoms with Crippen LogP contribution in [0.2, 0.25) is 0 Å². The first-order chi connectivity index (χ1) is 9.33. The number of aromatic nitrogens is 2. The monoisotopic (exact) mass is 276 g/mol. The molecule has 0 amide bonds. The fraction of sp³-hybridized carbons (Fsp3) is 0.600. The minimum Gasteiger partial charge on any atom is -0.474 e. The first-order valence-electron chi connectivity index (χ1n) is 7.25. The predicted octanol–water partition coefficient (Wildman–Crippen LogP) is 4.14. The normalized spacial score (nSPS) is 15.7. The summed E-state index contributed by atoms with van der Waals surface area (Å²) in [6.07, 6.45) is 8.81. The number of rotatable bonds is 5. The van der Waals surface area contributed by atoms with Gasteiger partial charge in [0, 0.05) is 4.88 Å². The second-order valence-corrected chi connectivity index (χ2v) is 6.24. The van der Waals surface area contributed by atoms with Gasteiger partial charge >= 0.3 is 0 Å².